The summed E-state index contributed by atoms with van der Waals surface area (Å²) in [6, 6.07) is 0. The Balaban J connectivity index is -0.0000000245. The molecule has 0 bridgehead atoms. The van der Waals surface area contributed by atoms with Crippen LogP contribution in [-0.2, 0) is 152 Å². The van der Waals surface area contributed by atoms with E-state index < -0.39 is 113 Å². The summed E-state index contributed by atoms with van der Waals surface area (Å²) >= 11 is -26.1. The van der Waals surface area contributed by atoms with Crippen LogP contribution in [0.2, 0.25) is 0 Å². The summed E-state index contributed by atoms with van der Waals surface area (Å²) < 4.78 is 155. The second-order valence-corrected chi connectivity index (χ2v) is 11.0. The SMILES string of the molecule is [Bi+3].[Dy+3].[O]=[Ta](=[O])[O-].[O]=[Ta](=[O])[O-].[O]=[Ta](=[O])[O-].[O]=[Ta](=[O])[O-].[O]=[Ta](=[O])[O-].[O]=[Ta](=[O])[O-]. The summed E-state index contributed by atoms with van der Waals surface area (Å²) in [7, 11) is 0. The van der Waals surface area contributed by atoms with Gasteiger partial charge in [0.1, 0.15) is 0 Å². The maximum absolute atomic E-state index is 8.62. The summed E-state index contributed by atoms with van der Waals surface area (Å²) in [5, 5.41) is 0. The topological polar surface area (TPSA) is 343 Å². The van der Waals surface area contributed by atoms with Crippen LogP contribution >= 0.6 is 0 Å². The first kappa shape index (κ1) is 52.1. The molecule has 0 rings (SSSR count). The van der Waals surface area contributed by atoms with Gasteiger partial charge in [-0.2, -0.15) is 0 Å². The molecule has 0 atom stereocenters. The predicted octanol–water partition coefficient (Wildman–Crippen LogP) is -8.96. The van der Waals surface area contributed by atoms with Crippen molar-refractivity contribution in [3.05, 3.63) is 0 Å². The van der Waals surface area contributed by atoms with E-state index in [9.17, 15) is 0 Å². The van der Waals surface area contributed by atoms with Crippen molar-refractivity contribution in [3.8, 4) is 0 Å². The number of hydrogen-bond acceptors (Lipinski definition) is 18. The van der Waals surface area contributed by atoms with Gasteiger partial charge in [-0.05, 0) is 0 Å². The molecule has 0 heterocycles. The van der Waals surface area contributed by atoms with Gasteiger partial charge in [0.15, 0.2) is 0 Å². The van der Waals surface area contributed by atoms with E-state index in [-0.39, 0.29) is 64.4 Å². The second kappa shape index (κ2) is 46.9. The van der Waals surface area contributed by atoms with Gasteiger partial charge in [-0.25, -0.2) is 0 Å². The Morgan fingerprint density at radius 3 is 0.308 bits per heavy atom. The van der Waals surface area contributed by atoms with Gasteiger partial charge < -0.3 is 0 Å². The summed E-state index contributed by atoms with van der Waals surface area (Å²) in [6.07, 6.45) is 0. The van der Waals surface area contributed by atoms with Crippen LogP contribution < -0.4 is 21.7 Å². The van der Waals surface area contributed by atoms with Crippen LogP contribution in [0.1, 0.15) is 0 Å². The molecule has 0 unspecified atom stereocenters. The van der Waals surface area contributed by atoms with Crippen molar-refractivity contribution in [2.24, 2.45) is 0 Å². The first-order valence-corrected chi connectivity index (χ1v) is 26.9. The molecule has 26 heteroatoms. The molecule has 0 aromatic heterocycles. The van der Waals surface area contributed by atoms with E-state index in [0.717, 1.165) is 0 Å². The molecule has 0 fully saturated rings. The van der Waals surface area contributed by atoms with Crippen molar-refractivity contribution < 1.29 is 212 Å². The Hall–Kier alpha value is 3.96. The molecule has 0 saturated carbocycles. The Labute approximate surface area is 232 Å². The molecule has 0 aliphatic rings. The van der Waals surface area contributed by atoms with Gasteiger partial charge in [-0.3, -0.25) is 0 Å². The fraction of sp³-hybridized carbons (Fsp3) is 0. The summed E-state index contributed by atoms with van der Waals surface area (Å²) in [6.45, 7) is 0. The van der Waals surface area contributed by atoms with Crippen molar-refractivity contribution in [3.63, 3.8) is 0 Å². The zero-order valence-corrected chi connectivity index (χ0v) is 35.6. The van der Waals surface area contributed by atoms with Crippen molar-refractivity contribution in [2.75, 3.05) is 0 Å². The Morgan fingerprint density at radius 1 is 0.308 bits per heavy atom. The third kappa shape index (κ3) is 1300. The quantitative estimate of drug-likeness (QED) is 0.203. The van der Waals surface area contributed by atoms with E-state index in [2.05, 4.69) is 0 Å². The van der Waals surface area contributed by atoms with E-state index in [1.165, 1.54) is 0 Å². The molecular weight excluding hydrogens is 1750 g/mol. The molecule has 153 valence electrons. The average molecular weight is 1750 g/mol. The molecule has 0 aliphatic carbocycles. The third-order valence-electron chi connectivity index (χ3n) is 0. The standard InChI is InChI=1S/Bi.Dy.18O.6Ta/q2*+3;;;;;;;;;;;;;6*-1;;;;;;. The van der Waals surface area contributed by atoms with Crippen LogP contribution in [0, 0.1) is 38.2 Å². The van der Waals surface area contributed by atoms with E-state index in [0.29, 0.717) is 0 Å². The van der Waals surface area contributed by atoms with Crippen molar-refractivity contribution in [1.29, 1.82) is 0 Å². The Kier molecular flexibility index (Phi) is 94.1. The van der Waals surface area contributed by atoms with Crippen molar-refractivity contribution in [1.82, 2.24) is 0 Å². The molecule has 26 heavy (non-hydrogen) atoms. The molecular formula is BiDyO18Ta6. The third-order valence-corrected chi connectivity index (χ3v) is 0. The molecule has 18 nitrogen and oxygen atoms in total. The van der Waals surface area contributed by atoms with Crippen LogP contribution in [0.3, 0.4) is 0 Å². The Morgan fingerprint density at radius 2 is 0.308 bits per heavy atom. The molecule has 0 aromatic rings. The predicted molar refractivity (Wildman–Crippen MR) is 14.0 cm³/mol. The van der Waals surface area contributed by atoms with Crippen molar-refractivity contribution >= 4 is 26.2 Å². The fourth-order valence-electron chi connectivity index (χ4n) is 0. The van der Waals surface area contributed by atoms with E-state index in [4.69, 9.17) is 60.7 Å². The number of rotatable bonds is 0. The molecule has 3 radical (unpaired) electrons. The van der Waals surface area contributed by atoms with Gasteiger partial charge in [-0.15, -0.1) is 0 Å². The molecule has 0 aromatic carbocycles. The maximum atomic E-state index is 8.62. The first-order valence-electron chi connectivity index (χ1n) is 3.29. The average Bonchev–Trinajstić information content (AvgIpc) is 2.08. The zero-order valence-electron chi connectivity index (χ0n) is 10.8. The fourth-order valence-corrected chi connectivity index (χ4v) is 0. The molecule has 0 spiro atoms. The normalized spacial score (nSPS) is 5.77. The molecule has 0 aliphatic heterocycles. The van der Waals surface area contributed by atoms with Gasteiger partial charge in [0, 0.05) is 0 Å². The van der Waals surface area contributed by atoms with Gasteiger partial charge in [-0.1, -0.05) is 0 Å². The number of hydrogen-bond donors (Lipinski definition) is 0. The minimum absolute atomic E-state index is 0. The Bertz CT molecular complexity index is 477. The minimum atomic E-state index is -4.34. The van der Waals surface area contributed by atoms with E-state index in [1.807, 2.05) is 0 Å². The van der Waals surface area contributed by atoms with Crippen LogP contribution in [0.15, 0.2) is 0 Å². The van der Waals surface area contributed by atoms with Crippen LogP contribution in [0.25, 0.3) is 0 Å². The van der Waals surface area contributed by atoms with Gasteiger partial charge in [0.2, 0.25) is 0 Å². The second-order valence-electron chi connectivity index (χ2n) is 1.34. The first-order chi connectivity index (χ1) is 10.4. The van der Waals surface area contributed by atoms with Gasteiger partial charge in [0.05, 0.1) is 0 Å². The monoisotopic (exact) mass is 1750 g/mol. The zero-order chi connectivity index (χ0) is 21.5. The summed E-state index contributed by atoms with van der Waals surface area (Å²) in [5.74, 6) is 0. The van der Waals surface area contributed by atoms with Crippen LogP contribution in [0.5, 0.6) is 0 Å². The van der Waals surface area contributed by atoms with Gasteiger partial charge in [0.25, 0.3) is 0 Å². The molecule has 0 saturated heterocycles. The van der Waals surface area contributed by atoms with Crippen LogP contribution in [0.4, 0.5) is 0 Å². The van der Waals surface area contributed by atoms with E-state index in [1.54, 1.807) is 0 Å². The molecule has 0 amide bonds. The van der Waals surface area contributed by atoms with Gasteiger partial charge >= 0.3 is 238 Å². The van der Waals surface area contributed by atoms with Crippen LogP contribution in [-0.4, -0.2) is 26.2 Å². The van der Waals surface area contributed by atoms with E-state index >= 15 is 0 Å². The molecule has 0 N–H and O–H groups in total. The van der Waals surface area contributed by atoms with Crippen molar-refractivity contribution in [2.45, 2.75) is 0 Å². The summed E-state index contributed by atoms with van der Waals surface area (Å²) in [4.78, 5) is 0. The summed E-state index contributed by atoms with van der Waals surface area (Å²) in [5.41, 5.74) is 0.